The molecule has 1 aromatic heterocycles. The predicted octanol–water partition coefficient (Wildman–Crippen LogP) is 2.34. The van der Waals surface area contributed by atoms with Gasteiger partial charge in [0.2, 0.25) is 0 Å². The first-order valence-electron chi connectivity index (χ1n) is 5.92. The van der Waals surface area contributed by atoms with E-state index in [1.807, 2.05) is 0 Å². The van der Waals surface area contributed by atoms with Crippen LogP contribution in [0.4, 0.5) is 4.39 Å². The third-order valence-electron chi connectivity index (χ3n) is 2.66. The molecule has 0 aliphatic rings. The quantitative estimate of drug-likeness (QED) is 0.806. The van der Waals surface area contributed by atoms with E-state index in [2.05, 4.69) is 9.72 Å². The monoisotopic (exact) mass is 277 g/mol. The van der Waals surface area contributed by atoms with Crippen LogP contribution in [0.2, 0.25) is 0 Å². The van der Waals surface area contributed by atoms with E-state index in [-0.39, 0.29) is 23.3 Å². The van der Waals surface area contributed by atoms with E-state index >= 15 is 0 Å². The molecular weight excluding hydrogens is 265 g/mol. The molecule has 6 heteroatoms. The molecule has 0 bridgehead atoms. The maximum Gasteiger partial charge on any atom is 0.356 e. The number of ether oxygens (including phenoxy) is 2. The summed E-state index contributed by atoms with van der Waals surface area (Å²) in [5.74, 6) is -1.83. The number of nitrogens with zero attached hydrogens (tertiary/aromatic N) is 1. The van der Waals surface area contributed by atoms with E-state index in [0.717, 1.165) is 0 Å². The molecule has 2 aromatic rings. The van der Waals surface area contributed by atoms with E-state index in [4.69, 9.17) is 4.74 Å². The predicted molar refractivity (Wildman–Crippen MR) is 69.0 cm³/mol. The largest absolute Gasteiger partial charge is 0.465 e. The maximum atomic E-state index is 13.3. The molecule has 2 rings (SSSR count). The van der Waals surface area contributed by atoms with E-state index in [1.54, 1.807) is 6.92 Å². The molecule has 5 nitrogen and oxygen atoms in total. The van der Waals surface area contributed by atoms with Gasteiger partial charge < -0.3 is 9.47 Å². The number of carbonyl (C=O) groups is 2. The standard InChI is InChI=1S/C14H12FNO4/c1-3-20-14(18)12-7-10(13(17)19-2)9-6-8(15)4-5-11(9)16-12/h4-7H,3H2,1-2H3. The Morgan fingerprint density at radius 3 is 2.65 bits per heavy atom. The lowest BCUT2D eigenvalue weighted by Gasteiger charge is -2.08. The van der Waals surface area contributed by atoms with Crippen molar-refractivity contribution in [2.45, 2.75) is 6.92 Å². The van der Waals surface area contributed by atoms with Gasteiger partial charge in [0, 0.05) is 5.39 Å². The number of rotatable bonds is 3. The number of benzene rings is 1. The summed E-state index contributed by atoms with van der Waals surface area (Å²) in [5.41, 5.74) is 0.365. The summed E-state index contributed by atoms with van der Waals surface area (Å²) in [5, 5.41) is 0.282. The number of carbonyl (C=O) groups excluding carboxylic acids is 2. The van der Waals surface area contributed by atoms with Crippen molar-refractivity contribution in [1.82, 2.24) is 4.98 Å². The van der Waals surface area contributed by atoms with E-state index in [1.165, 1.54) is 31.4 Å². The fourth-order valence-corrected chi connectivity index (χ4v) is 1.79. The topological polar surface area (TPSA) is 65.5 Å². The SMILES string of the molecule is CCOC(=O)c1cc(C(=O)OC)c2cc(F)ccc2n1. The Morgan fingerprint density at radius 2 is 2.00 bits per heavy atom. The van der Waals surface area contributed by atoms with Crippen LogP contribution in [0, 0.1) is 5.82 Å². The van der Waals surface area contributed by atoms with Crippen LogP contribution >= 0.6 is 0 Å². The van der Waals surface area contributed by atoms with Crippen molar-refractivity contribution in [1.29, 1.82) is 0 Å². The van der Waals surface area contributed by atoms with Crippen LogP contribution in [-0.4, -0.2) is 30.6 Å². The van der Waals surface area contributed by atoms with E-state index < -0.39 is 17.8 Å². The first kappa shape index (κ1) is 13.9. The van der Waals surface area contributed by atoms with Crippen LogP contribution in [-0.2, 0) is 9.47 Å². The number of esters is 2. The van der Waals surface area contributed by atoms with Crippen molar-refractivity contribution in [2.24, 2.45) is 0 Å². The highest BCUT2D eigenvalue weighted by molar-refractivity contribution is 6.05. The Kier molecular flexibility index (Phi) is 3.93. The molecular formula is C14H12FNO4. The van der Waals surface area contributed by atoms with Gasteiger partial charge in [0.15, 0.2) is 0 Å². The molecule has 0 saturated heterocycles. The minimum Gasteiger partial charge on any atom is -0.465 e. The molecule has 0 fully saturated rings. The van der Waals surface area contributed by atoms with Crippen molar-refractivity contribution in [3.8, 4) is 0 Å². The second-order valence-corrected chi connectivity index (χ2v) is 3.93. The highest BCUT2D eigenvalue weighted by Crippen LogP contribution is 2.21. The normalized spacial score (nSPS) is 10.3. The number of pyridine rings is 1. The molecule has 0 radical (unpaired) electrons. The lowest BCUT2D eigenvalue weighted by Crippen LogP contribution is -2.11. The molecule has 0 spiro atoms. The molecule has 0 aliphatic carbocycles. The Hall–Kier alpha value is -2.50. The fourth-order valence-electron chi connectivity index (χ4n) is 1.79. The molecule has 20 heavy (non-hydrogen) atoms. The molecule has 0 aliphatic heterocycles. The summed E-state index contributed by atoms with van der Waals surface area (Å²) in [7, 11) is 1.21. The molecule has 1 heterocycles. The average Bonchev–Trinajstić information content (AvgIpc) is 2.45. The van der Waals surface area contributed by atoms with Crippen LogP contribution in [0.15, 0.2) is 24.3 Å². The van der Waals surface area contributed by atoms with Crippen LogP contribution < -0.4 is 0 Å². The van der Waals surface area contributed by atoms with Crippen LogP contribution in [0.3, 0.4) is 0 Å². The van der Waals surface area contributed by atoms with Crippen molar-refractivity contribution in [3.05, 3.63) is 41.3 Å². The zero-order valence-electron chi connectivity index (χ0n) is 11.0. The molecule has 104 valence electrons. The Morgan fingerprint density at radius 1 is 1.25 bits per heavy atom. The van der Waals surface area contributed by atoms with Crippen molar-refractivity contribution < 1.29 is 23.5 Å². The van der Waals surface area contributed by atoms with Gasteiger partial charge in [-0.05, 0) is 31.2 Å². The second-order valence-electron chi connectivity index (χ2n) is 3.93. The molecule has 0 amide bonds. The molecule has 1 aromatic carbocycles. The van der Waals surface area contributed by atoms with Gasteiger partial charge in [0.05, 0.1) is 24.8 Å². The van der Waals surface area contributed by atoms with E-state index in [0.29, 0.717) is 5.52 Å². The summed E-state index contributed by atoms with van der Waals surface area (Å²) >= 11 is 0. The number of methoxy groups -OCH3 is 1. The number of hydrogen-bond donors (Lipinski definition) is 0. The molecule has 0 N–H and O–H groups in total. The summed E-state index contributed by atoms with van der Waals surface area (Å²) in [6.07, 6.45) is 0. The minimum atomic E-state index is -0.673. The fraction of sp³-hybridized carbons (Fsp3) is 0.214. The molecule has 0 unspecified atom stereocenters. The summed E-state index contributed by atoms with van der Waals surface area (Å²) < 4.78 is 22.8. The average molecular weight is 277 g/mol. The van der Waals surface area contributed by atoms with Gasteiger partial charge in [-0.15, -0.1) is 0 Å². The smallest absolute Gasteiger partial charge is 0.356 e. The Labute approximate surface area is 114 Å². The maximum absolute atomic E-state index is 13.3. The Bertz CT molecular complexity index is 684. The van der Waals surface area contributed by atoms with Gasteiger partial charge in [0.25, 0.3) is 0 Å². The van der Waals surface area contributed by atoms with Crippen LogP contribution in [0.1, 0.15) is 27.8 Å². The zero-order valence-corrected chi connectivity index (χ0v) is 11.0. The van der Waals surface area contributed by atoms with Gasteiger partial charge in [-0.25, -0.2) is 19.0 Å². The minimum absolute atomic E-state index is 0.0219. The summed E-state index contributed by atoms with van der Waals surface area (Å²) in [6.45, 7) is 1.85. The summed E-state index contributed by atoms with van der Waals surface area (Å²) in [6, 6.07) is 5.00. The number of hydrogen-bond acceptors (Lipinski definition) is 5. The van der Waals surface area contributed by atoms with E-state index in [9.17, 15) is 14.0 Å². The van der Waals surface area contributed by atoms with Crippen molar-refractivity contribution in [2.75, 3.05) is 13.7 Å². The lowest BCUT2D eigenvalue weighted by molar-refractivity contribution is 0.0520. The Balaban J connectivity index is 2.67. The first-order chi connectivity index (χ1) is 9.56. The number of halogens is 1. The van der Waals surface area contributed by atoms with Gasteiger partial charge in [0.1, 0.15) is 11.5 Å². The second kappa shape index (κ2) is 5.64. The number of aromatic nitrogens is 1. The first-order valence-corrected chi connectivity index (χ1v) is 5.92. The van der Waals surface area contributed by atoms with Gasteiger partial charge in [-0.3, -0.25) is 0 Å². The van der Waals surface area contributed by atoms with Gasteiger partial charge >= 0.3 is 11.9 Å². The third kappa shape index (κ3) is 2.59. The highest BCUT2D eigenvalue weighted by Gasteiger charge is 2.18. The highest BCUT2D eigenvalue weighted by atomic mass is 19.1. The summed E-state index contributed by atoms with van der Waals surface area (Å²) in [4.78, 5) is 27.5. The third-order valence-corrected chi connectivity index (χ3v) is 2.66. The molecule has 0 atom stereocenters. The number of fused-ring (bicyclic) bond motifs is 1. The van der Waals surface area contributed by atoms with Gasteiger partial charge in [-0.1, -0.05) is 0 Å². The zero-order chi connectivity index (χ0) is 14.7. The van der Waals surface area contributed by atoms with Gasteiger partial charge in [-0.2, -0.15) is 0 Å². The van der Waals surface area contributed by atoms with Crippen molar-refractivity contribution >= 4 is 22.8 Å². The van der Waals surface area contributed by atoms with Crippen LogP contribution in [0.5, 0.6) is 0 Å². The lowest BCUT2D eigenvalue weighted by atomic mass is 10.1. The molecule has 0 saturated carbocycles. The van der Waals surface area contributed by atoms with Crippen LogP contribution in [0.25, 0.3) is 10.9 Å². The van der Waals surface area contributed by atoms with Crippen molar-refractivity contribution in [3.63, 3.8) is 0 Å².